The van der Waals surface area contributed by atoms with Crippen molar-refractivity contribution in [1.82, 2.24) is 4.98 Å². The highest BCUT2D eigenvalue weighted by Gasteiger charge is 2.20. The Morgan fingerprint density at radius 3 is 2.35 bits per heavy atom. The lowest BCUT2D eigenvalue weighted by molar-refractivity contribution is 0.0635. The number of aromatic nitrogens is 1. The molecule has 2 aromatic carbocycles. The first-order chi connectivity index (χ1) is 16.0. The van der Waals surface area contributed by atoms with Crippen molar-refractivity contribution >= 4 is 35.0 Å². The monoisotopic (exact) mass is 483 g/mol. The van der Waals surface area contributed by atoms with Gasteiger partial charge in [-0.1, -0.05) is 35.7 Å². The summed E-state index contributed by atoms with van der Waals surface area (Å²) in [5.41, 5.74) is -0.889. The zero-order valence-electron chi connectivity index (χ0n) is 18.5. The molecule has 0 aliphatic carbocycles. The first kappa shape index (κ1) is 24.7. The predicted molar refractivity (Wildman–Crippen MR) is 126 cm³/mol. The zero-order valence-corrected chi connectivity index (χ0v) is 19.3. The first-order valence-corrected chi connectivity index (χ1v) is 10.4. The van der Waals surface area contributed by atoms with Crippen LogP contribution in [0.3, 0.4) is 0 Å². The summed E-state index contributed by atoms with van der Waals surface area (Å²) in [4.78, 5) is 28.2. The van der Waals surface area contributed by atoms with Crippen molar-refractivity contribution in [3.63, 3.8) is 0 Å². The van der Waals surface area contributed by atoms with Gasteiger partial charge in [-0.15, -0.1) is 0 Å². The number of carbonyl (C=O) groups excluding carboxylic acids is 2. The quantitative estimate of drug-likeness (QED) is 0.353. The van der Waals surface area contributed by atoms with Crippen molar-refractivity contribution in [3.8, 4) is 11.8 Å². The number of pyridine rings is 1. The number of amides is 2. The maximum atomic E-state index is 14.6. The van der Waals surface area contributed by atoms with Crippen LogP contribution in [0.1, 0.15) is 42.4 Å². The van der Waals surface area contributed by atoms with Gasteiger partial charge >= 0.3 is 6.09 Å². The Bertz CT molecular complexity index is 1270. The largest absolute Gasteiger partial charge is 0.444 e. The molecule has 3 aromatic rings. The maximum Gasteiger partial charge on any atom is 0.412 e. The number of ether oxygens (including phenoxy) is 1. The Balaban J connectivity index is 1.79. The van der Waals surface area contributed by atoms with E-state index >= 15 is 0 Å². The molecule has 2 N–H and O–H groups in total. The van der Waals surface area contributed by atoms with E-state index in [-0.39, 0.29) is 22.0 Å². The van der Waals surface area contributed by atoms with Gasteiger partial charge in [-0.25, -0.2) is 14.2 Å². The van der Waals surface area contributed by atoms with Crippen molar-refractivity contribution in [2.24, 2.45) is 0 Å². The van der Waals surface area contributed by atoms with E-state index in [1.807, 2.05) is 6.07 Å². The maximum absolute atomic E-state index is 14.6. The Labute approximate surface area is 200 Å². The second-order valence-electron chi connectivity index (χ2n) is 8.05. The molecule has 1 heterocycles. The molecular formula is C25H20ClF2N3O3. The zero-order chi connectivity index (χ0) is 24.9. The number of nitrogens with one attached hydrogen (secondary N) is 2. The third-order valence-electron chi connectivity index (χ3n) is 4.13. The molecule has 0 saturated heterocycles. The predicted octanol–water partition coefficient (Wildman–Crippen LogP) is 6.01. The normalized spacial score (nSPS) is 10.6. The highest BCUT2D eigenvalue weighted by atomic mass is 35.5. The van der Waals surface area contributed by atoms with Crippen LogP contribution in [0.4, 0.5) is 25.0 Å². The van der Waals surface area contributed by atoms with Gasteiger partial charge in [-0.3, -0.25) is 10.1 Å². The summed E-state index contributed by atoms with van der Waals surface area (Å²) in [6.07, 6.45) is -0.741. The number of anilines is 2. The fraction of sp³-hybridized carbons (Fsp3) is 0.160. The summed E-state index contributed by atoms with van der Waals surface area (Å²) in [6.45, 7) is 5.09. The minimum Gasteiger partial charge on any atom is -0.444 e. The lowest BCUT2D eigenvalue weighted by Gasteiger charge is -2.20. The molecule has 1 aromatic heterocycles. The molecule has 0 aliphatic rings. The SMILES string of the molecule is CC(C)(C)OC(=O)Nc1ccc(Cl)c(C(=O)Nc2c(F)cc(C#Cc3ccccc3)nc2F)c1. The molecule has 0 atom stereocenters. The summed E-state index contributed by atoms with van der Waals surface area (Å²) in [5.74, 6) is 2.12. The summed E-state index contributed by atoms with van der Waals surface area (Å²) >= 11 is 6.08. The van der Waals surface area contributed by atoms with Crippen LogP contribution in [-0.4, -0.2) is 22.6 Å². The topological polar surface area (TPSA) is 80.3 Å². The van der Waals surface area contributed by atoms with Gasteiger partial charge in [0.1, 0.15) is 17.0 Å². The van der Waals surface area contributed by atoms with E-state index in [1.54, 1.807) is 45.0 Å². The number of rotatable bonds is 3. The minimum absolute atomic E-state index is 0.00589. The molecule has 0 radical (unpaired) electrons. The van der Waals surface area contributed by atoms with E-state index in [0.717, 1.165) is 6.07 Å². The Kier molecular flexibility index (Phi) is 7.49. The van der Waals surface area contributed by atoms with Crippen LogP contribution in [0, 0.1) is 23.6 Å². The van der Waals surface area contributed by atoms with Crippen molar-refractivity contribution in [1.29, 1.82) is 0 Å². The lowest BCUT2D eigenvalue weighted by atomic mass is 10.1. The van der Waals surface area contributed by atoms with Gasteiger partial charge in [0.15, 0.2) is 5.82 Å². The molecule has 0 fully saturated rings. The number of halogens is 3. The van der Waals surface area contributed by atoms with Crippen LogP contribution in [0.5, 0.6) is 0 Å². The van der Waals surface area contributed by atoms with Crippen LogP contribution < -0.4 is 10.6 Å². The standard InChI is InChI=1S/C25H20ClF2N3O3/c1-25(2,3)34-24(33)30-16-11-12-19(26)18(13-16)23(32)31-21-20(27)14-17(29-22(21)28)10-9-15-7-5-4-6-8-15/h4-8,11-14H,1-3H3,(H,30,33)(H,31,32). The van der Waals surface area contributed by atoms with Crippen molar-refractivity contribution in [3.05, 3.63) is 88.2 Å². The van der Waals surface area contributed by atoms with Gasteiger partial charge in [-0.05, 0) is 57.0 Å². The molecule has 34 heavy (non-hydrogen) atoms. The third kappa shape index (κ3) is 6.77. The van der Waals surface area contributed by atoms with E-state index in [0.29, 0.717) is 5.56 Å². The molecule has 0 spiro atoms. The van der Waals surface area contributed by atoms with E-state index in [4.69, 9.17) is 16.3 Å². The lowest BCUT2D eigenvalue weighted by Crippen LogP contribution is -2.27. The molecule has 0 bridgehead atoms. The number of carbonyl (C=O) groups is 2. The molecule has 174 valence electrons. The Morgan fingerprint density at radius 2 is 1.71 bits per heavy atom. The van der Waals surface area contributed by atoms with Crippen LogP contribution in [0.25, 0.3) is 0 Å². The van der Waals surface area contributed by atoms with Crippen molar-refractivity contribution < 1.29 is 23.1 Å². The molecule has 6 nitrogen and oxygen atoms in total. The second-order valence-corrected chi connectivity index (χ2v) is 8.45. The number of nitrogens with zero attached hydrogens (tertiary/aromatic N) is 1. The Hall–Kier alpha value is -3.96. The minimum atomic E-state index is -1.25. The molecular weight excluding hydrogens is 464 g/mol. The van der Waals surface area contributed by atoms with Crippen LogP contribution in [0.2, 0.25) is 5.02 Å². The summed E-state index contributed by atoms with van der Waals surface area (Å²) in [6, 6.07) is 13.8. The van der Waals surface area contributed by atoms with Crippen LogP contribution >= 0.6 is 11.6 Å². The fourth-order valence-electron chi connectivity index (χ4n) is 2.70. The molecule has 9 heteroatoms. The van der Waals surface area contributed by atoms with E-state index < -0.39 is 35.1 Å². The summed E-state index contributed by atoms with van der Waals surface area (Å²) in [7, 11) is 0. The molecule has 3 rings (SSSR count). The number of hydrogen-bond acceptors (Lipinski definition) is 4. The smallest absolute Gasteiger partial charge is 0.412 e. The van der Waals surface area contributed by atoms with E-state index in [9.17, 15) is 18.4 Å². The first-order valence-electron chi connectivity index (χ1n) is 10.1. The van der Waals surface area contributed by atoms with Gasteiger partial charge in [0.05, 0.1) is 10.6 Å². The average Bonchev–Trinajstić information content (AvgIpc) is 2.75. The van der Waals surface area contributed by atoms with Crippen LogP contribution in [-0.2, 0) is 4.74 Å². The van der Waals surface area contributed by atoms with Crippen molar-refractivity contribution in [2.45, 2.75) is 26.4 Å². The highest BCUT2D eigenvalue weighted by Crippen LogP contribution is 2.24. The van der Waals surface area contributed by atoms with Crippen LogP contribution in [0.15, 0.2) is 54.6 Å². The highest BCUT2D eigenvalue weighted by molar-refractivity contribution is 6.34. The number of hydrogen-bond donors (Lipinski definition) is 2. The van der Waals surface area contributed by atoms with Gasteiger partial charge in [0.2, 0.25) is 5.95 Å². The van der Waals surface area contributed by atoms with E-state index in [1.165, 1.54) is 18.2 Å². The second kappa shape index (κ2) is 10.3. The molecule has 2 amide bonds. The van der Waals surface area contributed by atoms with E-state index in [2.05, 4.69) is 27.5 Å². The molecule has 0 unspecified atom stereocenters. The summed E-state index contributed by atoms with van der Waals surface area (Å²) in [5, 5.41) is 4.60. The fourth-order valence-corrected chi connectivity index (χ4v) is 2.90. The van der Waals surface area contributed by atoms with Gasteiger partial charge in [0.25, 0.3) is 5.91 Å². The Morgan fingerprint density at radius 1 is 1.00 bits per heavy atom. The molecule has 0 saturated carbocycles. The molecule has 0 aliphatic heterocycles. The van der Waals surface area contributed by atoms with Gasteiger partial charge < -0.3 is 10.1 Å². The van der Waals surface area contributed by atoms with Gasteiger partial charge in [0, 0.05) is 17.3 Å². The van der Waals surface area contributed by atoms with Crippen molar-refractivity contribution in [2.75, 3.05) is 10.6 Å². The summed E-state index contributed by atoms with van der Waals surface area (Å²) < 4.78 is 34.2. The third-order valence-corrected chi connectivity index (χ3v) is 4.46. The average molecular weight is 484 g/mol. The van der Waals surface area contributed by atoms with Gasteiger partial charge in [-0.2, -0.15) is 4.39 Å². The number of benzene rings is 2.